The van der Waals surface area contributed by atoms with Crippen molar-refractivity contribution >= 4 is 29.2 Å². The number of halogens is 1. The van der Waals surface area contributed by atoms with Crippen molar-refractivity contribution in [3.8, 4) is 0 Å². The predicted octanol–water partition coefficient (Wildman–Crippen LogP) is 6.12. The van der Waals surface area contributed by atoms with E-state index in [9.17, 15) is 0 Å². The normalized spacial score (nSPS) is 19.6. The Labute approximate surface area is 150 Å². The Balaban J connectivity index is 1.90. The van der Waals surface area contributed by atoms with E-state index in [-0.39, 0.29) is 5.54 Å². The number of aliphatic imine (C=N–C) groups is 1. The molecule has 0 N–H and O–H groups in total. The lowest BCUT2D eigenvalue weighted by atomic mass is 9.80. The highest BCUT2D eigenvalue weighted by atomic mass is 35.5. The van der Waals surface area contributed by atoms with Gasteiger partial charge >= 0.3 is 0 Å². The predicted molar refractivity (Wildman–Crippen MR) is 105 cm³/mol. The van der Waals surface area contributed by atoms with Crippen LogP contribution in [0.2, 0.25) is 5.02 Å². The Morgan fingerprint density at radius 3 is 2.67 bits per heavy atom. The lowest BCUT2D eigenvalue weighted by Gasteiger charge is -2.45. The maximum absolute atomic E-state index is 6.17. The van der Waals surface area contributed by atoms with Crippen molar-refractivity contribution in [2.24, 2.45) is 4.99 Å². The minimum Gasteiger partial charge on any atom is -0.369 e. The summed E-state index contributed by atoms with van der Waals surface area (Å²) >= 11 is 6.17. The number of anilines is 1. The second kappa shape index (κ2) is 6.25. The molecular formula is C21H25ClN2. The number of aryl methyl sites for hydroxylation is 1. The van der Waals surface area contributed by atoms with Crippen molar-refractivity contribution in [1.29, 1.82) is 0 Å². The van der Waals surface area contributed by atoms with Crippen LogP contribution in [-0.4, -0.2) is 18.8 Å². The third-order valence-corrected chi connectivity index (χ3v) is 5.58. The van der Waals surface area contributed by atoms with Crippen molar-refractivity contribution in [1.82, 2.24) is 0 Å². The van der Waals surface area contributed by atoms with E-state index in [2.05, 4.69) is 55.9 Å². The van der Waals surface area contributed by atoms with E-state index >= 15 is 0 Å². The van der Waals surface area contributed by atoms with Crippen LogP contribution in [0.5, 0.6) is 0 Å². The Morgan fingerprint density at radius 2 is 1.96 bits per heavy atom. The number of benzene rings is 2. The van der Waals surface area contributed by atoms with Gasteiger partial charge in [-0.05, 0) is 74.1 Å². The first-order valence-corrected chi connectivity index (χ1v) is 8.84. The van der Waals surface area contributed by atoms with E-state index in [1.807, 2.05) is 31.3 Å². The van der Waals surface area contributed by atoms with Crippen LogP contribution in [0.4, 0.5) is 11.4 Å². The molecule has 3 rings (SSSR count). The molecule has 1 heterocycles. The summed E-state index contributed by atoms with van der Waals surface area (Å²) in [5.74, 6) is 0.549. The smallest absolute Gasteiger partial charge is 0.0644 e. The van der Waals surface area contributed by atoms with E-state index in [1.54, 1.807) is 0 Å². The zero-order chi connectivity index (χ0) is 17.5. The van der Waals surface area contributed by atoms with Crippen molar-refractivity contribution in [2.45, 2.75) is 45.6 Å². The van der Waals surface area contributed by atoms with Crippen LogP contribution in [0, 0.1) is 6.92 Å². The number of hydrogen-bond donors (Lipinski definition) is 0. The van der Waals surface area contributed by atoms with Gasteiger partial charge in [0.1, 0.15) is 0 Å². The molecule has 126 valence electrons. The standard InChI is InChI=1S/C21H25ClN2/c1-14-6-8-17(11-19(14)22)23-13-16-7-9-20-18(10-16)15(2)12-21(3,4)24(20)5/h6-11,13,15H,12H2,1-5H3. The van der Waals surface area contributed by atoms with Gasteiger partial charge in [-0.1, -0.05) is 30.7 Å². The van der Waals surface area contributed by atoms with E-state index in [0.717, 1.165) is 28.3 Å². The van der Waals surface area contributed by atoms with Crippen molar-refractivity contribution in [3.05, 3.63) is 58.1 Å². The number of nitrogens with zero attached hydrogens (tertiary/aromatic N) is 2. The van der Waals surface area contributed by atoms with Gasteiger partial charge in [0.25, 0.3) is 0 Å². The minimum absolute atomic E-state index is 0.195. The molecule has 0 spiro atoms. The second-order valence-corrected chi connectivity index (χ2v) is 7.89. The van der Waals surface area contributed by atoms with E-state index in [1.165, 1.54) is 11.3 Å². The summed E-state index contributed by atoms with van der Waals surface area (Å²) in [6.07, 6.45) is 3.08. The highest BCUT2D eigenvalue weighted by Crippen LogP contribution is 2.42. The number of hydrogen-bond acceptors (Lipinski definition) is 2. The lowest BCUT2D eigenvalue weighted by Crippen LogP contribution is -2.45. The molecule has 0 aliphatic carbocycles. The summed E-state index contributed by atoms with van der Waals surface area (Å²) in [7, 11) is 2.19. The van der Waals surface area contributed by atoms with Gasteiger partial charge in [0.15, 0.2) is 0 Å². The van der Waals surface area contributed by atoms with Crippen molar-refractivity contribution in [2.75, 3.05) is 11.9 Å². The third kappa shape index (κ3) is 3.21. The zero-order valence-corrected chi connectivity index (χ0v) is 15.9. The van der Waals surface area contributed by atoms with Crippen LogP contribution in [0.1, 0.15) is 49.8 Å². The van der Waals surface area contributed by atoms with Gasteiger partial charge in [-0.3, -0.25) is 4.99 Å². The van der Waals surface area contributed by atoms with Crippen LogP contribution >= 0.6 is 11.6 Å². The van der Waals surface area contributed by atoms with Crippen molar-refractivity contribution < 1.29 is 0 Å². The molecular weight excluding hydrogens is 316 g/mol. The summed E-state index contributed by atoms with van der Waals surface area (Å²) in [6.45, 7) is 8.93. The summed E-state index contributed by atoms with van der Waals surface area (Å²) in [6, 6.07) is 12.5. The first-order valence-electron chi connectivity index (χ1n) is 8.46. The monoisotopic (exact) mass is 340 g/mol. The first-order chi connectivity index (χ1) is 11.3. The fourth-order valence-electron chi connectivity index (χ4n) is 3.49. The summed E-state index contributed by atoms with van der Waals surface area (Å²) in [5.41, 5.74) is 6.02. The van der Waals surface area contributed by atoms with Gasteiger partial charge in [-0.2, -0.15) is 0 Å². The molecule has 0 saturated heterocycles. The van der Waals surface area contributed by atoms with Gasteiger partial charge in [0, 0.05) is 29.5 Å². The maximum atomic E-state index is 6.17. The molecule has 0 radical (unpaired) electrons. The molecule has 0 aromatic heterocycles. The van der Waals surface area contributed by atoms with Gasteiger partial charge in [-0.25, -0.2) is 0 Å². The minimum atomic E-state index is 0.195. The third-order valence-electron chi connectivity index (χ3n) is 5.18. The Bertz CT molecular complexity index is 792. The number of rotatable bonds is 2. The Morgan fingerprint density at radius 1 is 1.21 bits per heavy atom. The molecule has 2 nitrogen and oxygen atoms in total. The fraction of sp³-hybridized carbons (Fsp3) is 0.381. The highest BCUT2D eigenvalue weighted by Gasteiger charge is 2.33. The number of fused-ring (bicyclic) bond motifs is 1. The summed E-state index contributed by atoms with van der Waals surface area (Å²) in [5, 5.41) is 0.757. The van der Waals surface area contributed by atoms with Gasteiger partial charge < -0.3 is 4.90 Å². The molecule has 1 aliphatic rings. The van der Waals surface area contributed by atoms with E-state index in [0.29, 0.717) is 5.92 Å². The topological polar surface area (TPSA) is 15.6 Å². The summed E-state index contributed by atoms with van der Waals surface area (Å²) < 4.78 is 0. The van der Waals surface area contributed by atoms with Gasteiger partial charge in [-0.15, -0.1) is 0 Å². The quantitative estimate of drug-likeness (QED) is 0.601. The van der Waals surface area contributed by atoms with Gasteiger partial charge in [0.05, 0.1) is 5.69 Å². The van der Waals surface area contributed by atoms with Crippen LogP contribution in [0.25, 0.3) is 0 Å². The van der Waals surface area contributed by atoms with Crippen LogP contribution in [-0.2, 0) is 0 Å². The Hall–Kier alpha value is -1.80. The maximum Gasteiger partial charge on any atom is 0.0644 e. The average molecular weight is 341 g/mol. The zero-order valence-electron chi connectivity index (χ0n) is 15.1. The SMILES string of the molecule is Cc1ccc(N=Cc2ccc3c(c2)C(C)CC(C)(C)N3C)cc1Cl. The first kappa shape index (κ1) is 17.0. The fourth-order valence-corrected chi connectivity index (χ4v) is 3.66. The van der Waals surface area contributed by atoms with E-state index < -0.39 is 0 Å². The van der Waals surface area contributed by atoms with Crippen LogP contribution in [0.3, 0.4) is 0 Å². The molecule has 1 unspecified atom stereocenters. The molecule has 2 aromatic rings. The average Bonchev–Trinajstić information content (AvgIpc) is 2.53. The largest absolute Gasteiger partial charge is 0.369 e. The molecule has 0 bridgehead atoms. The van der Waals surface area contributed by atoms with E-state index in [4.69, 9.17) is 11.6 Å². The van der Waals surface area contributed by atoms with Gasteiger partial charge in [0.2, 0.25) is 0 Å². The molecule has 3 heteroatoms. The van der Waals surface area contributed by atoms with Crippen LogP contribution < -0.4 is 4.90 Å². The molecule has 2 aromatic carbocycles. The molecule has 1 atom stereocenters. The summed E-state index contributed by atoms with van der Waals surface area (Å²) in [4.78, 5) is 6.97. The Kier molecular flexibility index (Phi) is 4.44. The molecule has 0 saturated carbocycles. The molecule has 0 amide bonds. The lowest BCUT2D eigenvalue weighted by molar-refractivity contribution is 0.395. The molecule has 0 fully saturated rings. The molecule has 1 aliphatic heterocycles. The molecule has 24 heavy (non-hydrogen) atoms. The highest BCUT2D eigenvalue weighted by molar-refractivity contribution is 6.31. The second-order valence-electron chi connectivity index (χ2n) is 7.49. The van der Waals surface area contributed by atoms with Crippen molar-refractivity contribution in [3.63, 3.8) is 0 Å². The van der Waals surface area contributed by atoms with Crippen LogP contribution in [0.15, 0.2) is 41.4 Å².